The number of carbonyl (C=O) groups is 3. The highest BCUT2D eigenvalue weighted by Crippen LogP contribution is 2.25. The number of nitrogens with zero attached hydrogens (tertiary/aromatic N) is 3. The molecular formula is C21H14N4O3S. The lowest BCUT2D eigenvalue weighted by Crippen LogP contribution is -2.37. The fourth-order valence-electron chi connectivity index (χ4n) is 3.35. The summed E-state index contributed by atoms with van der Waals surface area (Å²) in [6, 6.07) is 13.9. The van der Waals surface area contributed by atoms with Crippen LogP contribution in [0.5, 0.6) is 0 Å². The number of anilines is 1. The van der Waals surface area contributed by atoms with Crippen molar-refractivity contribution in [2.24, 2.45) is 0 Å². The molecular weight excluding hydrogens is 388 g/mol. The monoisotopic (exact) mass is 402 g/mol. The Morgan fingerprint density at radius 3 is 2.52 bits per heavy atom. The van der Waals surface area contributed by atoms with Crippen molar-refractivity contribution in [3.63, 3.8) is 0 Å². The maximum absolute atomic E-state index is 12.5. The molecule has 4 aromatic rings. The van der Waals surface area contributed by atoms with Crippen LogP contribution >= 0.6 is 11.3 Å². The number of fused-ring (bicyclic) bond motifs is 2. The van der Waals surface area contributed by atoms with Gasteiger partial charge in [0.05, 0.1) is 16.8 Å². The summed E-state index contributed by atoms with van der Waals surface area (Å²) >= 11 is 1.54. The lowest BCUT2D eigenvalue weighted by molar-refractivity contribution is -0.116. The van der Waals surface area contributed by atoms with Crippen LogP contribution in [-0.2, 0) is 4.79 Å². The van der Waals surface area contributed by atoms with Crippen molar-refractivity contribution in [1.29, 1.82) is 0 Å². The number of nitrogens with one attached hydrogen (secondary N) is 1. The molecule has 0 spiro atoms. The zero-order chi connectivity index (χ0) is 20.0. The Kier molecular flexibility index (Phi) is 3.99. The highest BCUT2D eigenvalue weighted by Gasteiger charge is 2.36. The maximum atomic E-state index is 12.5. The number of carbonyl (C=O) groups excluding carboxylic acids is 3. The van der Waals surface area contributed by atoms with Gasteiger partial charge in [0.1, 0.15) is 6.54 Å². The number of aromatic nitrogens is 2. The summed E-state index contributed by atoms with van der Waals surface area (Å²) < 4.78 is 1.94. The van der Waals surface area contributed by atoms with Crippen LogP contribution in [0.25, 0.3) is 16.2 Å². The zero-order valence-corrected chi connectivity index (χ0v) is 15.8. The fourth-order valence-corrected chi connectivity index (χ4v) is 4.05. The summed E-state index contributed by atoms with van der Waals surface area (Å²) in [5.74, 6) is -1.34. The molecule has 0 saturated heterocycles. The van der Waals surface area contributed by atoms with Crippen molar-refractivity contribution in [2.75, 3.05) is 11.9 Å². The minimum atomic E-state index is -0.451. The predicted octanol–water partition coefficient (Wildman–Crippen LogP) is 3.30. The number of thiazole rings is 1. The van der Waals surface area contributed by atoms with Gasteiger partial charge in [0.2, 0.25) is 5.91 Å². The van der Waals surface area contributed by atoms with E-state index in [0.717, 1.165) is 21.1 Å². The molecule has 2 aromatic carbocycles. The smallest absolute Gasteiger partial charge is 0.262 e. The molecule has 3 heterocycles. The molecule has 2 aromatic heterocycles. The molecule has 29 heavy (non-hydrogen) atoms. The van der Waals surface area contributed by atoms with Crippen molar-refractivity contribution in [1.82, 2.24) is 14.3 Å². The van der Waals surface area contributed by atoms with Gasteiger partial charge in [-0.1, -0.05) is 24.3 Å². The second kappa shape index (κ2) is 6.68. The molecule has 0 radical (unpaired) electrons. The van der Waals surface area contributed by atoms with Gasteiger partial charge in [0.15, 0.2) is 4.96 Å². The van der Waals surface area contributed by atoms with E-state index in [0.29, 0.717) is 16.8 Å². The topological polar surface area (TPSA) is 83.8 Å². The number of amides is 3. The van der Waals surface area contributed by atoms with Gasteiger partial charge >= 0.3 is 0 Å². The summed E-state index contributed by atoms with van der Waals surface area (Å²) in [5.41, 5.74) is 2.88. The lowest BCUT2D eigenvalue weighted by Gasteiger charge is -2.14. The van der Waals surface area contributed by atoms with Crippen molar-refractivity contribution in [3.8, 4) is 11.3 Å². The molecule has 0 aliphatic carbocycles. The molecule has 0 unspecified atom stereocenters. The third kappa shape index (κ3) is 2.99. The summed E-state index contributed by atoms with van der Waals surface area (Å²) in [5, 5.41) is 4.72. The van der Waals surface area contributed by atoms with Gasteiger partial charge in [0.25, 0.3) is 11.8 Å². The van der Waals surface area contributed by atoms with Gasteiger partial charge in [-0.25, -0.2) is 4.98 Å². The van der Waals surface area contributed by atoms with Crippen LogP contribution in [0.4, 0.5) is 5.69 Å². The Hall–Kier alpha value is -3.78. The average molecular weight is 402 g/mol. The zero-order valence-electron chi connectivity index (χ0n) is 15.0. The van der Waals surface area contributed by atoms with Gasteiger partial charge in [0, 0.05) is 29.0 Å². The van der Waals surface area contributed by atoms with E-state index in [1.54, 1.807) is 41.7 Å². The first-order chi connectivity index (χ1) is 14.1. The van der Waals surface area contributed by atoms with Crippen molar-refractivity contribution in [2.45, 2.75) is 0 Å². The lowest BCUT2D eigenvalue weighted by atomic mass is 10.1. The van der Waals surface area contributed by atoms with E-state index in [9.17, 15) is 14.4 Å². The second-order valence-electron chi connectivity index (χ2n) is 6.59. The molecule has 7 nitrogen and oxygen atoms in total. The minimum absolute atomic E-state index is 0.326. The van der Waals surface area contributed by atoms with Gasteiger partial charge in [-0.15, -0.1) is 11.3 Å². The van der Waals surface area contributed by atoms with Crippen LogP contribution in [0, 0.1) is 0 Å². The van der Waals surface area contributed by atoms with Crippen LogP contribution in [0.3, 0.4) is 0 Å². The normalized spacial score (nSPS) is 13.2. The third-order valence-corrected chi connectivity index (χ3v) is 5.49. The summed E-state index contributed by atoms with van der Waals surface area (Å²) in [6.07, 6.45) is 3.86. The largest absolute Gasteiger partial charge is 0.325 e. The van der Waals surface area contributed by atoms with Gasteiger partial charge in [-0.3, -0.25) is 23.7 Å². The fraction of sp³-hybridized carbons (Fsp3) is 0.0476. The van der Waals surface area contributed by atoms with E-state index in [-0.39, 0.29) is 6.54 Å². The van der Waals surface area contributed by atoms with Crippen LogP contribution in [0.15, 0.2) is 66.3 Å². The quantitative estimate of drug-likeness (QED) is 0.531. The first kappa shape index (κ1) is 17.3. The van der Waals surface area contributed by atoms with E-state index in [1.165, 1.54) is 0 Å². The Labute approximate surface area is 169 Å². The summed E-state index contributed by atoms with van der Waals surface area (Å²) in [7, 11) is 0. The van der Waals surface area contributed by atoms with E-state index in [4.69, 9.17) is 0 Å². The molecule has 0 fully saturated rings. The molecule has 8 heteroatoms. The third-order valence-electron chi connectivity index (χ3n) is 4.72. The molecule has 5 rings (SSSR count). The maximum Gasteiger partial charge on any atom is 0.262 e. The van der Waals surface area contributed by atoms with Crippen LogP contribution in [0.1, 0.15) is 20.7 Å². The molecule has 0 saturated carbocycles. The van der Waals surface area contributed by atoms with Crippen molar-refractivity contribution < 1.29 is 14.4 Å². The number of imidazole rings is 1. The standard InChI is InChI=1S/C21H14N4O3S/c26-18(12-25-19(27)15-6-1-2-7-16(15)20(25)28)22-14-5-3-4-13(10-14)17-11-24-8-9-29-21(24)23-17/h1-11H,12H2,(H,22,26). The SMILES string of the molecule is O=C(CN1C(=O)c2ccccc2C1=O)Nc1cccc(-c2cn3ccsc3n2)c1. The molecule has 1 aliphatic rings. The van der Waals surface area contributed by atoms with E-state index >= 15 is 0 Å². The van der Waals surface area contributed by atoms with Crippen molar-refractivity contribution >= 4 is 39.7 Å². The van der Waals surface area contributed by atoms with Gasteiger partial charge in [-0.05, 0) is 24.3 Å². The number of rotatable bonds is 4. The Morgan fingerprint density at radius 1 is 1.03 bits per heavy atom. The van der Waals surface area contributed by atoms with Crippen LogP contribution < -0.4 is 5.32 Å². The number of hydrogen-bond donors (Lipinski definition) is 1. The average Bonchev–Trinajstić information content (AvgIpc) is 3.39. The van der Waals surface area contributed by atoms with Crippen LogP contribution in [0.2, 0.25) is 0 Å². The molecule has 1 aliphatic heterocycles. The van der Waals surface area contributed by atoms with E-state index in [2.05, 4.69) is 10.3 Å². The molecule has 1 N–H and O–H groups in total. The van der Waals surface area contributed by atoms with Gasteiger partial charge < -0.3 is 5.32 Å². The van der Waals surface area contributed by atoms with Gasteiger partial charge in [-0.2, -0.15) is 0 Å². The Balaban J connectivity index is 1.32. The molecule has 0 atom stereocenters. The molecule has 3 amide bonds. The molecule has 0 bridgehead atoms. The van der Waals surface area contributed by atoms with E-state index in [1.807, 2.05) is 40.4 Å². The number of imide groups is 1. The Bertz CT molecular complexity index is 1230. The molecule has 142 valence electrons. The number of hydrogen-bond acceptors (Lipinski definition) is 5. The first-order valence-corrected chi connectivity index (χ1v) is 9.76. The summed E-state index contributed by atoms with van der Waals surface area (Å²) in [4.78, 5) is 43.7. The predicted molar refractivity (Wildman–Crippen MR) is 109 cm³/mol. The first-order valence-electron chi connectivity index (χ1n) is 8.88. The minimum Gasteiger partial charge on any atom is -0.325 e. The highest BCUT2D eigenvalue weighted by molar-refractivity contribution is 7.15. The highest BCUT2D eigenvalue weighted by atomic mass is 32.1. The van der Waals surface area contributed by atoms with Crippen molar-refractivity contribution in [3.05, 3.63) is 77.4 Å². The number of benzene rings is 2. The summed E-state index contributed by atoms with van der Waals surface area (Å²) in [6.45, 7) is -0.337. The Morgan fingerprint density at radius 2 is 1.79 bits per heavy atom. The van der Waals surface area contributed by atoms with Crippen LogP contribution in [-0.4, -0.2) is 38.6 Å². The van der Waals surface area contributed by atoms with E-state index < -0.39 is 17.7 Å². The second-order valence-corrected chi connectivity index (χ2v) is 7.46.